The summed E-state index contributed by atoms with van der Waals surface area (Å²) in [5.74, 6) is 0. The third-order valence-corrected chi connectivity index (χ3v) is 3.24. The maximum atomic E-state index is 12.2. The second-order valence-electron chi connectivity index (χ2n) is 6.15. The molecular formula is C17H23NO2. The predicted octanol–water partition coefficient (Wildman–Crippen LogP) is 4.10. The lowest BCUT2D eigenvalue weighted by molar-refractivity contribution is 0.0256. The van der Waals surface area contributed by atoms with E-state index in [0.717, 1.165) is 24.9 Å². The zero-order valence-corrected chi connectivity index (χ0v) is 12.5. The molecule has 20 heavy (non-hydrogen) atoms. The highest BCUT2D eigenvalue weighted by Gasteiger charge is 2.30. The van der Waals surface area contributed by atoms with Gasteiger partial charge in [-0.3, -0.25) is 0 Å². The summed E-state index contributed by atoms with van der Waals surface area (Å²) >= 11 is 0. The van der Waals surface area contributed by atoms with Gasteiger partial charge in [-0.15, -0.1) is 0 Å². The SMILES string of the molecule is CC(C)(C)OC(=O)N1CCCC1C=Cc1ccccc1. The van der Waals surface area contributed by atoms with Crippen LogP contribution in [0.25, 0.3) is 6.08 Å². The van der Waals surface area contributed by atoms with Crippen LogP contribution in [0.2, 0.25) is 0 Å². The molecule has 1 unspecified atom stereocenters. The van der Waals surface area contributed by atoms with Crippen LogP contribution >= 0.6 is 0 Å². The summed E-state index contributed by atoms with van der Waals surface area (Å²) < 4.78 is 5.46. The molecule has 0 aromatic heterocycles. The molecular weight excluding hydrogens is 250 g/mol. The van der Waals surface area contributed by atoms with Crippen LogP contribution in [0, 0.1) is 0 Å². The number of carbonyl (C=O) groups is 1. The Balaban J connectivity index is 2.01. The quantitative estimate of drug-likeness (QED) is 0.812. The van der Waals surface area contributed by atoms with E-state index in [9.17, 15) is 4.79 Å². The molecule has 0 saturated carbocycles. The average molecular weight is 273 g/mol. The molecule has 1 aliphatic rings. The first-order chi connectivity index (χ1) is 9.46. The number of hydrogen-bond donors (Lipinski definition) is 0. The summed E-state index contributed by atoms with van der Waals surface area (Å²) in [5, 5.41) is 0. The summed E-state index contributed by atoms with van der Waals surface area (Å²) in [7, 11) is 0. The Morgan fingerprint density at radius 1 is 1.30 bits per heavy atom. The molecule has 1 atom stereocenters. The Morgan fingerprint density at radius 2 is 2.00 bits per heavy atom. The molecule has 1 heterocycles. The van der Waals surface area contributed by atoms with Gasteiger partial charge in [-0.2, -0.15) is 0 Å². The Hall–Kier alpha value is -1.77. The molecule has 0 spiro atoms. The number of rotatable bonds is 2. The molecule has 1 aromatic rings. The van der Waals surface area contributed by atoms with E-state index in [1.54, 1.807) is 0 Å². The lowest BCUT2D eigenvalue weighted by Crippen LogP contribution is -2.39. The van der Waals surface area contributed by atoms with Crippen molar-refractivity contribution in [3.8, 4) is 0 Å². The van der Waals surface area contributed by atoms with Crippen LogP contribution < -0.4 is 0 Å². The van der Waals surface area contributed by atoms with Crippen molar-refractivity contribution in [2.75, 3.05) is 6.54 Å². The summed E-state index contributed by atoms with van der Waals surface area (Å²) in [4.78, 5) is 14.0. The molecule has 1 amide bonds. The van der Waals surface area contributed by atoms with Crippen molar-refractivity contribution in [3.63, 3.8) is 0 Å². The first-order valence-corrected chi connectivity index (χ1v) is 7.18. The van der Waals surface area contributed by atoms with E-state index in [-0.39, 0.29) is 12.1 Å². The fourth-order valence-electron chi connectivity index (χ4n) is 2.33. The van der Waals surface area contributed by atoms with Gasteiger partial charge < -0.3 is 9.64 Å². The smallest absolute Gasteiger partial charge is 0.410 e. The molecule has 3 heteroatoms. The van der Waals surface area contributed by atoms with Crippen molar-refractivity contribution in [3.05, 3.63) is 42.0 Å². The fraction of sp³-hybridized carbons (Fsp3) is 0.471. The summed E-state index contributed by atoms with van der Waals surface area (Å²) in [6, 6.07) is 10.3. The highest BCUT2D eigenvalue weighted by atomic mass is 16.6. The molecule has 0 radical (unpaired) electrons. The second-order valence-corrected chi connectivity index (χ2v) is 6.15. The molecule has 1 saturated heterocycles. The number of ether oxygens (including phenoxy) is 1. The number of carbonyl (C=O) groups excluding carboxylic acids is 1. The lowest BCUT2D eigenvalue weighted by atomic mass is 10.1. The van der Waals surface area contributed by atoms with E-state index in [4.69, 9.17) is 4.74 Å². The zero-order chi connectivity index (χ0) is 14.6. The van der Waals surface area contributed by atoms with Gasteiger partial charge in [-0.25, -0.2) is 4.79 Å². The van der Waals surface area contributed by atoms with Crippen LogP contribution in [0.1, 0.15) is 39.2 Å². The van der Waals surface area contributed by atoms with E-state index < -0.39 is 5.60 Å². The van der Waals surface area contributed by atoms with Crippen LogP contribution in [0.5, 0.6) is 0 Å². The van der Waals surface area contributed by atoms with E-state index >= 15 is 0 Å². The van der Waals surface area contributed by atoms with Gasteiger partial charge in [0.2, 0.25) is 0 Å². The van der Waals surface area contributed by atoms with Crippen molar-refractivity contribution < 1.29 is 9.53 Å². The molecule has 0 bridgehead atoms. The van der Waals surface area contributed by atoms with E-state index in [1.807, 2.05) is 43.9 Å². The van der Waals surface area contributed by atoms with Crippen molar-refractivity contribution in [2.24, 2.45) is 0 Å². The van der Waals surface area contributed by atoms with Crippen molar-refractivity contribution >= 4 is 12.2 Å². The third kappa shape index (κ3) is 4.12. The van der Waals surface area contributed by atoms with E-state index in [0.29, 0.717) is 0 Å². The highest BCUT2D eigenvalue weighted by Crippen LogP contribution is 2.22. The normalized spacial score (nSPS) is 19.6. The maximum Gasteiger partial charge on any atom is 0.410 e. The monoisotopic (exact) mass is 273 g/mol. The highest BCUT2D eigenvalue weighted by molar-refractivity contribution is 5.69. The van der Waals surface area contributed by atoms with Crippen molar-refractivity contribution in [2.45, 2.75) is 45.3 Å². The van der Waals surface area contributed by atoms with Crippen molar-refractivity contribution in [1.29, 1.82) is 0 Å². The molecule has 0 N–H and O–H groups in total. The standard InChI is InChI=1S/C17H23NO2/c1-17(2,3)20-16(19)18-13-7-10-15(18)12-11-14-8-5-4-6-9-14/h4-6,8-9,11-12,15H,7,10,13H2,1-3H3. The first kappa shape index (κ1) is 14.6. The van der Waals surface area contributed by atoms with E-state index in [2.05, 4.69) is 24.3 Å². The van der Waals surface area contributed by atoms with E-state index in [1.165, 1.54) is 0 Å². The minimum Gasteiger partial charge on any atom is -0.444 e. The molecule has 1 aliphatic heterocycles. The van der Waals surface area contributed by atoms with Crippen molar-refractivity contribution in [1.82, 2.24) is 4.90 Å². The van der Waals surface area contributed by atoms with Gasteiger partial charge in [0.05, 0.1) is 6.04 Å². The molecule has 0 aliphatic carbocycles. The van der Waals surface area contributed by atoms with Crippen LogP contribution in [-0.2, 0) is 4.74 Å². The lowest BCUT2D eigenvalue weighted by Gasteiger charge is -2.27. The number of amides is 1. The van der Waals surface area contributed by atoms with Gasteiger partial charge in [-0.05, 0) is 39.2 Å². The van der Waals surface area contributed by atoms with Crippen LogP contribution in [0.15, 0.2) is 36.4 Å². The van der Waals surface area contributed by atoms with Gasteiger partial charge in [0, 0.05) is 6.54 Å². The van der Waals surface area contributed by atoms with Gasteiger partial charge in [0.15, 0.2) is 0 Å². The number of hydrogen-bond acceptors (Lipinski definition) is 2. The van der Waals surface area contributed by atoms with Gasteiger partial charge >= 0.3 is 6.09 Å². The molecule has 3 nitrogen and oxygen atoms in total. The summed E-state index contributed by atoms with van der Waals surface area (Å²) in [5.41, 5.74) is 0.719. The third-order valence-electron chi connectivity index (χ3n) is 3.24. The largest absolute Gasteiger partial charge is 0.444 e. The van der Waals surface area contributed by atoms with Crippen LogP contribution in [0.4, 0.5) is 4.79 Å². The molecule has 1 aromatic carbocycles. The van der Waals surface area contributed by atoms with Gasteiger partial charge in [-0.1, -0.05) is 42.5 Å². The number of nitrogens with zero attached hydrogens (tertiary/aromatic N) is 1. The Bertz CT molecular complexity index is 474. The molecule has 108 valence electrons. The maximum absolute atomic E-state index is 12.2. The second kappa shape index (κ2) is 6.12. The number of likely N-dealkylation sites (tertiary alicyclic amines) is 1. The Kier molecular flexibility index (Phi) is 4.48. The van der Waals surface area contributed by atoms with Gasteiger partial charge in [0.1, 0.15) is 5.60 Å². The first-order valence-electron chi connectivity index (χ1n) is 7.18. The fourth-order valence-corrected chi connectivity index (χ4v) is 2.33. The zero-order valence-electron chi connectivity index (χ0n) is 12.5. The Labute approximate surface area is 121 Å². The topological polar surface area (TPSA) is 29.5 Å². The molecule has 2 rings (SSSR count). The minimum atomic E-state index is -0.437. The Morgan fingerprint density at radius 3 is 2.65 bits per heavy atom. The average Bonchev–Trinajstić information content (AvgIpc) is 2.84. The van der Waals surface area contributed by atoms with Crippen LogP contribution in [-0.4, -0.2) is 29.2 Å². The summed E-state index contributed by atoms with van der Waals surface area (Å²) in [6.45, 7) is 6.47. The predicted molar refractivity (Wildman–Crippen MR) is 81.4 cm³/mol. The van der Waals surface area contributed by atoms with Gasteiger partial charge in [0.25, 0.3) is 0 Å². The number of benzene rings is 1. The van der Waals surface area contributed by atoms with Crippen LogP contribution in [0.3, 0.4) is 0 Å². The molecule has 1 fully saturated rings. The summed E-state index contributed by atoms with van der Waals surface area (Å²) in [6.07, 6.45) is 6.00. The minimum absolute atomic E-state index is 0.144.